The Kier molecular flexibility index (Phi) is 5.82. The van der Waals surface area contributed by atoms with E-state index in [0.717, 1.165) is 28.6 Å². The van der Waals surface area contributed by atoms with Crippen LogP contribution < -0.4 is 10.6 Å². The molecular weight excluding hydrogens is 312 g/mol. The highest BCUT2D eigenvalue weighted by Crippen LogP contribution is 2.22. The lowest BCUT2D eigenvalue weighted by molar-refractivity contribution is -0.137. The number of hydrogen-bond donors (Lipinski definition) is 2. The monoisotopic (exact) mass is 328 g/mol. The predicted molar refractivity (Wildman–Crippen MR) is 94.1 cm³/mol. The molecule has 0 saturated carbocycles. The third-order valence-corrected chi connectivity index (χ3v) is 3.14. The fourth-order valence-corrected chi connectivity index (χ4v) is 2.19. The highest BCUT2D eigenvalue weighted by molar-refractivity contribution is 7.80. The number of ether oxygens (including phenoxy) is 1. The Bertz CT molecular complexity index is 766. The van der Waals surface area contributed by atoms with Gasteiger partial charge in [-0.05, 0) is 30.6 Å². The molecule has 0 aliphatic heterocycles. The minimum absolute atomic E-state index is 0.153. The van der Waals surface area contributed by atoms with Gasteiger partial charge in [0, 0.05) is 23.2 Å². The van der Waals surface area contributed by atoms with Crippen LogP contribution in [0, 0.1) is 0 Å². The number of fused-ring (bicyclic) bond motifs is 1. The SMILES string of the molecule is CCOC(=O)C=CC(=O)NC(=S)Nc1cccc2ccccc12. The van der Waals surface area contributed by atoms with Gasteiger partial charge in [0.1, 0.15) is 0 Å². The van der Waals surface area contributed by atoms with Crippen molar-refractivity contribution in [3.05, 3.63) is 54.6 Å². The zero-order chi connectivity index (χ0) is 16.7. The van der Waals surface area contributed by atoms with Crippen LogP contribution in [0.2, 0.25) is 0 Å². The Labute approximate surface area is 139 Å². The van der Waals surface area contributed by atoms with Crippen LogP contribution in [0.25, 0.3) is 10.8 Å². The van der Waals surface area contributed by atoms with Crippen molar-refractivity contribution in [1.82, 2.24) is 5.32 Å². The fraction of sp³-hybridized carbons (Fsp3) is 0.118. The molecule has 0 aliphatic carbocycles. The molecule has 0 saturated heterocycles. The van der Waals surface area contributed by atoms with Crippen LogP contribution >= 0.6 is 12.2 Å². The number of carbonyl (C=O) groups excluding carboxylic acids is 2. The molecule has 0 spiro atoms. The van der Waals surface area contributed by atoms with Crippen LogP contribution in [0.1, 0.15) is 6.92 Å². The Morgan fingerprint density at radius 1 is 1.13 bits per heavy atom. The fourth-order valence-electron chi connectivity index (χ4n) is 1.98. The van der Waals surface area contributed by atoms with Gasteiger partial charge in [0.25, 0.3) is 0 Å². The minimum atomic E-state index is -0.574. The molecule has 0 bridgehead atoms. The highest BCUT2D eigenvalue weighted by Gasteiger charge is 2.05. The molecule has 0 heterocycles. The van der Waals surface area contributed by atoms with Crippen molar-refractivity contribution in [2.45, 2.75) is 6.92 Å². The van der Waals surface area contributed by atoms with E-state index in [1.165, 1.54) is 0 Å². The molecule has 0 atom stereocenters. The van der Waals surface area contributed by atoms with Gasteiger partial charge in [0.2, 0.25) is 5.91 Å². The molecule has 23 heavy (non-hydrogen) atoms. The summed E-state index contributed by atoms with van der Waals surface area (Å²) in [4.78, 5) is 22.8. The van der Waals surface area contributed by atoms with E-state index in [1.807, 2.05) is 42.5 Å². The number of amides is 1. The van der Waals surface area contributed by atoms with E-state index in [1.54, 1.807) is 6.92 Å². The van der Waals surface area contributed by atoms with E-state index < -0.39 is 11.9 Å². The Hall–Kier alpha value is -2.73. The van der Waals surface area contributed by atoms with Crippen LogP contribution in [0.15, 0.2) is 54.6 Å². The first-order valence-corrected chi connectivity index (χ1v) is 7.45. The lowest BCUT2D eigenvalue weighted by Crippen LogP contribution is -2.33. The average molecular weight is 328 g/mol. The van der Waals surface area contributed by atoms with Crippen molar-refractivity contribution >= 4 is 45.7 Å². The Morgan fingerprint density at radius 3 is 2.65 bits per heavy atom. The number of benzene rings is 2. The summed E-state index contributed by atoms with van der Waals surface area (Å²) < 4.78 is 4.69. The van der Waals surface area contributed by atoms with E-state index in [4.69, 9.17) is 12.2 Å². The van der Waals surface area contributed by atoms with E-state index in [2.05, 4.69) is 15.4 Å². The summed E-state index contributed by atoms with van der Waals surface area (Å²) in [6, 6.07) is 13.6. The number of nitrogens with one attached hydrogen (secondary N) is 2. The summed E-state index contributed by atoms with van der Waals surface area (Å²) in [6.07, 6.45) is 2.13. The van der Waals surface area contributed by atoms with Crippen LogP contribution in [0.5, 0.6) is 0 Å². The van der Waals surface area contributed by atoms with Crippen molar-refractivity contribution in [1.29, 1.82) is 0 Å². The van der Waals surface area contributed by atoms with Crippen molar-refractivity contribution in [3.8, 4) is 0 Å². The van der Waals surface area contributed by atoms with Crippen molar-refractivity contribution in [2.24, 2.45) is 0 Å². The normalized spacial score (nSPS) is 10.5. The van der Waals surface area contributed by atoms with Gasteiger partial charge >= 0.3 is 5.97 Å². The van der Waals surface area contributed by atoms with Crippen LogP contribution in [0.3, 0.4) is 0 Å². The van der Waals surface area contributed by atoms with E-state index in [9.17, 15) is 9.59 Å². The maximum atomic E-state index is 11.7. The molecule has 0 unspecified atom stereocenters. The van der Waals surface area contributed by atoms with Crippen molar-refractivity contribution < 1.29 is 14.3 Å². The topological polar surface area (TPSA) is 67.4 Å². The third-order valence-electron chi connectivity index (χ3n) is 2.93. The molecular formula is C17H16N2O3S. The summed E-state index contributed by atoms with van der Waals surface area (Å²) in [5.41, 5.74) is 0.794. The van der Waals surface area contributed by atoms with E-state index in [0.29, 0.717) is 0 Å². The first-order chi connectivity index (χ1) is 11.1. The first-order valence-electron chi connectivity index (χ1n) is 7.04. The first kappa shape index (κ1) is 16.6. The van der Waals surface area contributed by atoms with Gasteiger partial charge in [-0.1, -0.05) is 36.4 Å². The van der Waals surface area contributed by atoms with Crippen molar-refractivity contribution in [2.75, 3.05) is 11.9 Å². The Morgan fingerprint density at radius 2 is 1.87 bits per heavy atom. The third kappa shape index (κ3) is 4.89. The Balaban J connectivity index is 1.99. The summed E-state index contributed by atoms with van der Waals surface area (Å²) in [5, 5.41) is 7.67. The molecule has 2 N–H and O–H groups in total. The maximum absolute atomic E-state index is 11.7. The van der Waals surface area contributed by atoms with Gasteiger partial charge in [-0.3, -0.25) is 10.1 Å². The van der Waals surface area contributed by atoms with E-state index in [-0.39, 0.29) is 11.7 Å². The summed E-state index contributed by atoms with van der Waals surface area (Å²) in [5.74, 6) is -1.08. The molecule has 118 valence electrons. The van der Waals surface area contributed by atoms with Gasteiger partial charge in [-0.25, -0.2) is 4.79 Å². The van der Waals surface area contributed by atoms with Gasteiger partial charge in [0.05, 0.1) is 6.61 Å². The molecule has 0 aromatic heterocycles. The number of carbonyl (C=O) groups is 2. The second-order valence-electron chi connectivity index (χ2n) is 4.56. The molecule has 0 aliphatic rings. The average Bonchev–Trinajstić information content (AvgIpc) is 2.53. The zero-order valence-electron chi connectivity index (χ0n) is 12.5. The zero-order valence-corrected chi connectivity index (χ0v) is 13.4. The standard InChI is InChI=1S/C17H16N2O3S/c1-2-22-16(21)11-10-15(20)19-17(23)18-14-9-5-7-12-6-3-4-8-13(12)14/h3-11H,2H2,1H3,(H2,18,19,20,23). The van der Waals surface area contributed by atoms with Gasteiger partial charge in [-0.15, -0.1) is 0 Å². The second-order valence-corrected chi connectivity index (χ2v) is 4.96. The molecule has 2 aromatic carbocycles. The smallest absolute Gasteiger partial charge is 0.330 e. The summed E-state index contributed by atoms with van der Waals surface area (Å²) in [7, 11) is 0. The van der Waals surface area contributed by atoms with Crippen LogP contribution in [-0.4, -0.2) is 23.6 Å². The summed E-state index contributed by atoms with van der Waals surface area (Å²) >= 11 is 5.11. The molecule has 0 radical (unpaired) electrons. The lowest BCUT2D eigenvalue weighted by Gasteiger charge is -2.10. The van der Waals surface area contributed by atoms with Crippen LogP contribution in [0.4, 0.5) is 5.69 Å². The van der Waals surface area contributed by atoms with Crippen molar-refractivity contribution in [3.63, 3.8) is 0 Å². The highest BCUT2D eigenvalue weighted by atomic mass is 32.1. The quantitative estimate of drug-likeness (QED) is 0.513. The number of esters is 1. The molecule has 0 fully saturated rings. The lowest BCUT2D eigenvalue weighted by atomic mass is 10.1. The minimum Gasteiger partial charge on any atom is -0.463 e. The number of hydrogen-bond acceptors (Lipinski definition) is 4. The van der Waals surface area contributed by atoms with Gasteiger partial charge in [-0.2, -0.15) is 0 Å². The number of thiocarbonyl (C=S) groups is 1. The maximum Gasteiger partial charge on any atom is 0.330 e. The molecule has 2 aromatic rings. The number of anilines is 1. The van der Waals surface area contributed by atoms with Gasteiger partial charge in [0.15, 0.2) is 5.11 Å². The summed E-state index contributed by atoms with van der Waals surface area (Å²) in [6.45, 7) is 1.95. The van der Waals surface area contributed by atoms with Crippen LogP contribution in [-0.2, 0) is 14.3 Å². The largest absolute Gasteiger partial charge is 0.463 e. The number of rotatable bonds is 4. The molecule has 2 rings (SSSR count). The molecule has 6 heteroatoms. The molecule has 5 nitrogen and oxygen atoms in total. The van der Waals surface area contributed by atoms with Gasteiger partial charge < -0.3 is 10.1 Å². The van der Waals surface area contributed by atoms with E-state index >= 15 is 0 Å². The molecule has 1 amide bonds. The second kappa shape index (κ2) is 8.05. The predicted octanol–water partition coefficient (Wildman–Crippen LogP) is 2.77.